The molecule has 0 bridgehead atoms. The van der Waals surface area contributed by atoms with Crippen LogP contribution in [0.5, 0.6) is 0 Å². The number of anilines is 2. The zero-order valence-electron chi connectivity index (χ0n) is 25.4. The fourth-order valence-electron chi connectivity index (χ4n) is 5.38. The molecule has 0 saturated carbocycles. The Balaban J connectivity index is 1.70. The highest BCUT2D eigenvalue weighted by atomic mass is 35.5. The van der Waals surface area contributed by atoms with E-state index in [9.17, 15) is 22.8 Å². The smallest absolute Gasteiger partial charge is 0.321 e. The summed E-state index contributed by atoms with van der Waals surface area (Å²) in [6.07, 6.45) is 2.22. The van der Waals surface area contributed by atoms with Gasteiger partial charge in [-0.15, -0.1) is 0 Å². The number of unbranched alkanes of at least 4 members (excludes halogenated alkanes) is 2. The number of hydrogen-bond acceptors (Lipinski definition) is 6. The van der Waals surface area contributed by atoms with Crippen LogP contribution in [0.4, 0.5) is 16.2 Å². The number of fused-ring (bicyclic) bond motifs is 1. The second kappa shape index (κ2) is 14.6. The van der Waals surface area contributed by atoms with Gasteiger partial charge < -0.3 is 20.9 Å². The first-order valence-electron chi connectivity index (χ1n) is 14.8. The summed E-state index contributed by atoms with van der Waals surface area (Å²) in [5, 5.41) is 12.2. The number of benzene rings is 3. The van der Waals surface area contributed by atoms with E-state index in [0.29, 0.717) is 54.4 Å². The van der Waals surface area contributed by atoms with Gasteiger partial charge in [-0.05, 0) is 75.7 Å². The van der Waals surface area contributed by atoms with E-state index in [4.69, 9.17) is 23.2 Å². The average molecular weight is 675 g/mol. The van der Waals surface area contributed by atoms with Crippen LogP contribution in [0.25, 0.3) is 0 Å². The van der Waals surface area contributed by atoms with E-state index >= 15 is 0 Å². The molecule has 3 aromatic carbocycles. The summed E-state index contributed by atoms with van der Waals surface area (Å²) < 4.78 is 28.1. The van der Waals surface area contributed by atoms with Crippen molar-refractivity contribution in [3.63, 3.8) is 0 Å². The molecular formula is C32H37Cl2N5O5S. The van der Waals surface area contributed by atoms with Crippen LogP contribution in [0.2, 0.25) is 10.0 Å². The molecule has 0 radical (unpaired) electrons. The predicted octanol–water partition coefficient (Wildman–Crippen LogP) is 5.79. The van der Waals surface area contributed by atoms with Crippen molar-refractivity contribution >= 4 is 62.3 Å². The highest BCUT2D eigenvalue weighted by Crippen LogP contribution is 2.48. The normalized spacial score (nSPS) is 15.7. The molecule has 0 saturated heterocycles. The number of urea groups is 1. The zero-order chi connectivity index (χ0) is 32.8. The lowest BCUT2D eigenvalue weighted by Gasteiger charge is -2.30. The van der Waals surface area contributed by atoms with Crippen LogP contribution in [0, 0.1) is 0 Å². The van der Waals surface area contributed by atoms with E-state index < -0.39 is 21.3 Å². The van der Waals surface area contributed by atoms with Crippen LogP contribution in [0.3, 0.4) is 0 Å². The van der Waals surface area contributed by atoms with Crippen molar-refractivity contribution in [2.75, 3.05) is 36.8 Å². The van der Waals surface area contributed by atoms with Gasteiger partial charge in [0.05, 0.1) is 15.5 Å². The summed E-state index contributed by atoms with van der Waals surface area (Å²) in [6, 6.07) is 15.3. The van der Waals surface area contributed by atoms with Crippen molar-refractivity contribution in [3.8, 4) is 0 Å². The first kappa shape index (κ1) is 34.2. The number of nitrogens with one attached hydrogen (secondary N) is 4. The Kier molecular flexibility index (Phi) is 11.1. The van der Waals surface area contributed by atoms with Crippen molar-refractivity contribution < 1.29 is 22.8 Å². The Morgan fingerprint density at radius 1 is 0.911 bits per heavy atom. The molecule has 0 aliphatic carbocycles. The van der Waals surface area contributed by atoms with Crippen LogP contribution in [-0.4, -0.2) is 57.3 Å². The summed E-state index contributed by atoms with van der Waals surface area (Å²) in [6.45, 7) is 7.21. The van der Waals surface area contributed by atoms with Crippen molar-refractivity contribution in [1.82, 2.24) is 15.5 Å². The quantitative estimate of drug-likeness (QED) is 0.170. The van der Waals surface area contributed by atoms with Gasteiger partial charge in [0.2, 0.25) is 15.7 Å². The first-order valence-corrected chi connectivity index (χ1v) is 17.0. The predicted molar refractivity (Wildman–Crippen MR) is 177 cm³/mol. The van der Waals surface area contributed by atoms with Gasteiger partial charge in [0, 0.05) is 53.4 Å². The van der Waals surface area contributed by atoms with E-state index in [1.54, 1.807) is 35.2 Å². The SMILES string of the molecule is CCN(CC)C(=O)Nc1ccc(S(=O)(=O)c2cc(Cl)cc3c2NC(=O)C3(NCCCCCNC(C)=O)c2ccccc2Cl)cc1. The van der Waals surface area contributed by atoms with E-state index in [2.05, 4.69) is 21.3 Å². The Hall–Kier alpha value is -3.64. The molecule has 0 fully saturated rings. The molecule has 4 N–H and O–H groups in total. The molecule has 1 aliphatic rings. The van der Waals surface area contributed by atoms with Gasteiger partial charge in [0.1, 0.15) is 0 Å². The number of rotatable bonds is 13. The number of carbonyl (C=O) groups excluding carboxylic acids is 3. The van der Waals surface area contributed by atoms with E-state index in [1.165, 1.54) is 37.3 Å². The number of nitrogens with zero attached hydrogens (tertiary/aromatic N) is 1. The van der Waals surface area contributed by atoms with E-state index in [1.807, 2.05) is 13.8 Å². The highest BCUT2D eigenvalue weighted by molar-refractivity contribution is 7.91. The fourth-order valence-corrected chi connectivity index (χ4v) is 7.40. The van der Waals surface area contributed by atoms with Gasteiger partial charge in [0.15, 0.2) is 5.54 Å². The standard InChI is InChI=1S/C32H37Cl2N5O5S/c1-4-39(5-2)31(42)37-23-13-15-24(16-14-23)45(43,44)28-20-22(33)19-26-29(28)38-30(41)32(26,25-11-7-8-12-27(25)34)36-18-10-6-9-17-35-21(3)40/h7-8,11-16,19-20,36H,4-6,9-10,17-18H2,1-3H3,(H,35,40)(H,37,42)(H,38,41). The van der Waals surface area contributed by atoms with Crippen molar-refractivity contribution in [3.05, 3.63) is 81.8 Å². The number of sulfone groups is 1. The van der Waals surface area contributed by atoms with Crippen LogP contribution in [-0.2, 0) is 25.0 Å². The maximum absolute atomic E-state index is 14.0. The summed E-state index contributed by atoms with van der Waals surface area (Å²) in [4.78, 5) is 39.0. The van der Waals surface area contributed by atoms with Crippen molar-refractivity contribution in [1.29, 1.82) is 0 Å². The lowest BCUT2D eigenvalue weighted by Crippen LogP contribution is -2.49. The first-order chi connectivity index (χ1) is 21.4. The third-order valence-corrected chi connectivity index (χ3v) is 10.0. The fraction of sp³-hybridized carbons (Fsp3) is 0.344. The Morgan fingerprint density at radius 3 is 2.22 bits per heavy atom. The molecule has 4 rings (SSSR count). The lowest BCUT2D eigenvalue weighted by molar-refractivity contribution is -0.120. The molecule has 3 aromatic rings. The maximum atomic E-state index is 14.0. The van der Waals surface area contributed by atoms with E-state index in [0.717, 1.165) is 12.8 Å². The Morgan fingerprint density at radius 2 is 1.58 bits per heavy atom. The van der Waals surface area contributed by atoms with Gasteiger partial charge in [0.25, 0.3) is 5.91 Å². The number of carbonyl (C=O) groups is 3. The molecule has 13 heteroatoms. The van der Waals surface area contributed by atoms with Gasteiger partial charge >= 0.3 is 6.03 Å². The van der Waals surface area contributed by atoms with Crippen molar-refractivity contribution in [2.45, 2.75) is 55.4 Å². The Bertz CT molecular complexity index is 1680. The third kappa shape index (κ3) is 7.27. The van der Waals surface area contributed by atoms with E-state index in [-0.39, 0.29) is 32.4 Å². The molecule has 10 nitrogen and oxygen atoms in total. The van der Waals surface area contributed by atoms with Gasteiger partial charge in [-0.3, -0.25) is 14.9 Å². The second-order valence-electron chi connectivity index (χ2n) is 10.6. The minimum atomic E-state index is -4.18. The summed E-state index contributed by atoms with van der Waals surface area (Å²) in [5.41, 5.74) is -0.164. The number of halogens is 2. The molecule has 1 unspecified atom stereocenters. The summed E-state index contributed by atoms with van der Waals surface area (Å²) in [5.74, 6) is -0.581. The molecule has 45 heavy (non-hydrogen) atoms. The molecule has 1 heterocycles. The lowest BCUT2D eigenvalue weighted by atomic mass is 9.83. The number of hydrogen-bond donors (Lipinski definition) is 4. The van der Waals surface area contributed by atoms with Crippen LogP contribution >= 0.6 is 23.2 Å². The van der Waals surface area contributed by atoms with Gasteiger partial charge in [-0.25, -0.2) is 13.2 Å². The molecule has 1 atom stereocenters. The number of amides is 4. The topological polar surface area (TPSA) is 137 Å². The molecule has 4 amide bonds. The van der Waals surface area contributed by atoms with Gasteiger partial charge in [-0.1, -0.05) is 47.8 Å². The molecule has 0 aromatic heterocycles. The molecule has 0 spiro atoms. The molecule has 1 aliphatic heterocycles. The highest BCUT2D eigenvalue weighted by Gasteiger charge is 2.51. The Labute approximate surface area is 273 Å². The van der Waals surface area contributed by atoms with Crippen LogP contribution in [0.1, 0.15) is 51.2 Å². The van der Waals surface area contributed by atoms with Crippen LogP contribution < -0.4 is 21.3 Å². The molecule has 240 valence electrons. The van der Waals surface area contributed by atoms with Crippen molar-refractivity contribution in [2.24, 2.45) is 0 Å². The summed E-state index contributed by atoms with van der Waals surface area (Å²) in [7, 11) is -4.18. The zero-order valence-corrected chi connectivity index (χ0v) is 27.7. The minimum Gasteiger partial charge on any atom is -0.356 e. The largest absolute Gasteiger partial charge is 0.356 e. The minimum absolute atomic E-state index is 0.0376. The average Bonchev–Trinajstić information content (AvgIpc) is 3.28. The maximum Gasteiger partial charge on any atom is 0.321 e. The van der Waals surface area contributed by atoms with Crippen LogP contribution in [0.15, 0.2) is 70.5 Å². The third-order valence-electron chi connectivity index (χ3n) is 7.70. The second-order valence-corrected chi connectivity index (χ2v) is 13.4. The monoisotopic (exact) mass is 673 g/mol. The summed E-state index contributed by atoms with van der Waals surface area (Å²) >= 11 is 13.2. The molecular weight excluding hydrogens is 637 g/mol. The van der Waals surface area contributed by atoms with Gasteiger partial charge in [-0.2, -0.15) is 0 Å².